The number of carbonyl (C=O) groups is 1. The molecule has 0 saturated carbocycles. The first-order valence-electron chi connectivity index (χ1n) is 11.2. The van der Waals surface area contributed by atoms with Gasteiger partial charge in [-0.05, 0) is 36.4 Å². The molecule has 0 aliphatic carbocycles. The summed E-state index contributed by atoms with van der Waals surface area (Å²) in [5, 5.41) is 11.1. The maximum absolute atomic E-state index is 11.6. The number of pyridine rings is 1. The minimum absolute atomic E-state index is 0.421. The van der Waals surface area contributed by atoms with E-state index in [1.165, 1.54) is 17.0 Å². The summed E-state index contributed by atoms with van der Waals surface area (Å²) >= 11 is 0. The molecule has 5 rings (SSSR count). The van der Waals surface area contributed by atoms with Gasteiger partial charge in [0.05, 0.1) is 31.3 Å². The number of anilines is 4. The van der Waals surface area contributed by atoms with Crippen LogP contribution in [0.15, 0.2) is 72.9 Å². The summed E-state index contributed by atoms with van der Waals surface area (Å²) in [4.78, 5) is 22.3. The molecule has 0 bridgehead atoms. The van der Waals surface area contributed by atoms with Gasteiger partial charge in [0.25, 0.3) is 0 Å². The summed E-state index contributed by atoms with van der Waals surface area (Å²) in [6, 6.07) is 25.4. The minimum Gasteiger partial charge on any atom is -0.465 e. The highest BCUT2D eigenvalue weighted by Crippen LogP contribution is 2.37. The number of hydrogen-bond acceptors (Lipinski definition) is 4. The van der Waals surface area contributed by atoms with Crippen molar-refractivity contribution >= 4 is 42.2 Å². The molecule has 0 radical (unpaired) electrons. The molecule has 2 aliphatic heterocycles. The molecular formula is C25H28N4O2Si. The topological polar surface area (TPSA) is 59.9 Å². The fourth-order valence-electron chi connectivity index (χ4n) is 4.91. The second-order valence-corrected chi connectivity index (χ2v) is 13.6. The van der Waals surface area contributed by atoms with E-state index < -0.39 is 14.2 Å². The fourth-order valence-corrected chi connectivity index (χ4v) is 8.26. The number of para-hydroxylation sites is 2. The van der Waals surface area contributed by atoms with Crippen LogP contribution in [0.25, 0.3) is 0 Å². The first-order valence-corrected chi connectivity index (χ1v) is 14.1. The van der Waals surface area contributed by atoms with Crippen LogP contribution >= 0.6 is 0 Å². The Hall–Kier alpha value is -3.32. The van der Waals surface area contributed by atoms with Crippen molar-refractivity contribution in [1.82, 2.24) is 4.98 Å². The second-order valence-electron chi connectivity index (χ2n) is 8.86. The third-order valence-electron chi connectivity index (χ3n) is 6.95. The summed E-state index contributed by atoms with van der Waals surface area (Å²) in [6.07, 6.45) is 1.05. The lowest BCUT2D eigenvalue weighted by Crippen LogP contribution is -2.53. The first-order chi connectivity index (χ1) is 15.5. The van der Waals surface area contributed by atoms with E-state index in [2.05, 4.69) is 58.8 Å². The number of amides is 1. The Morgan fingerprint density at radius 2 is 1.56 bits per heavy atom. The van der Waals surface area contributed by atoms with Crippen molar-refractivity contribution in [2.75, 3.05) is 40.9 Å². The lowest BCUT2D eigenvalue weighted by atomic mass is 10.1. The van der Waals surface area contributed by atoms with Crippen LogP contribution in [-0.2, 0) is 0 Å². The van der Waals surface area contributed by atoms with Gasteiger partial charge in [0.2, 0.25) is 0 Å². The van der Waals surface area contributed by atoms with E-state index in [1.54, 1.807) is 5.19 Å². The number of benzene rings is 2. The Morgan fingerprint density at radius 1 is 0.875 bits per heavy atom. The quantitative estimate of drug-likeness (QED) is 0.602. The van der Waals surface area contributed by atoms with E-state index in [4.69, 9.17) is 4.98 Å². The van der Waals surface area contributed by atoms with Gasteiger partial charge in [-0.15, -0.1) is 0 Å². The summed E-state index contributed by atoms with van der Waals surface area (Å²) in [6.45, 7) is 5.65. The molecule has 1 fully saturated rings. The molecule has 32 heavy (non-hydrogen) atoms. The molecule has 1 N–H and O–H groups in total. The number of aromatic nitrogens is 1. The molecule has 7 heteroatoms. The average molecular weight is 445 g/mol. The summed E-state index contributed by atoms with van der Waals surface area (Å²) in [7, 11) is -1.40. The highest BCUT2D eigenvalue weighted by Gasteiger charge is 2.34. The number of nitrogens with zero attached hydrogens (tertiary/aromatic N) is 4. The normalized spacial score (nSPS) is 17.7. The third-order valence-corrected chi connectivity index (χ3v) is 11.3. The second kappa shape index (κ2) is 8.31. The zero-order valence-electron chi connectivity index (χ0n) is 18.3. The van der Waals surface area contributed by atoms with Crippen molar-refractivity contribution in [2.24, 2.45) is 0 Å². The minimum atomic E-state index is -1.40. The van der Waals surface area contributed by atoms with Crippen LogP contribution in [0.5, 0.6) is 0 Å². The van der Waals surface area contributed by atoms with Crippen molar-refractivity contribution < 1.29 is 9.90 Å². The van der Waals surface area contributed by atoms with Crippen LogP contribution in [0.2, 0.25) is 18.6 Å². The van der Waals surface area contributed by atoms with Crippen LogP contribution in [0, 0.1) is 0 Å². The molecule has 2 aliphatic rings. The zero-order chi connectivity index (χ0) is 22.1. The first kappa shape index (κ1) is 20.6. The molecule has 0 unspecified atom stereocenters. The van der Waals surface area contributed by atoms with Gasteiger partial charge in [0.15, 0.2) is 0 Å². The number of fused-ring (bicyclic) bond motifs is 1. The molecule has 1 aromatic heterocycles. The molecule has 3 heterocycles. The average Bonchev–Trinajstić information content (AvgIpc) is 2.84. The van der Waals surface area contributed by atoms with Crippen LogP contribution < -0.4 is 19.9 Å². The van der Waals surface area contributed by atoms with Gasteiger partial charge in [-0.1, -0.05) is 54.2 Å². The predicted octanol–water partition coefficient (Wildman–Crippen LogP) is 4.52. The molecule has 6 nitrogen and oxygen atoms in total. The van der Waals surface area contributed by atoms with E-state index >= 15 is 0 Å². The van der Waals surface area contributed by atoms with E-state index in [9.17, 15) is 9.90 Å². The van der Waals surface area contributed by atoms with Gasteiger partial charge in [0.1, 0.15) is 5.82 Å². The lowest BCUT2D eigenvalue weighted by molar-refractivity contribution is 0.201. The van der Waals surface area contributed by atoms with Crippen molar-refractivity contribution in [3.63, 3.8) is 0 Å². The Balaban J connectivity index is 1.31. The Labute approximate surface area is 189 Å². The standard InChI is InChI=1S/C25H28N4O2Si/c1-32(21-7-3-2-4-8-21)17-15-27(16-18-32)20-11-12-24(26-19-20)28-13-14-29(25(30)31)23-10-6-5-9-22(23)28/h2-12,19H,13-18H2,1H3,(H,30,31). The molecule has 1 saturated heterocycles. The molecule has 1 amide bonds. The summed E-state index contributed by atoms with van der Waals surface area (Å²) in [5.41, 5.74) is 2.75. The van der Waals surface area contributed by atoms with Crippen molar-refractivity contribution in [1.29, 1.82) is 0 Å². The highest BCUT2D eigenvalue weighted by atomic mass is 28.3. The van der Waals surface area contributed by atoms with Crippen molar-refractivity contribution in [2.45, 2.75) is 18.6 Å². The Morgan fingerprint density at radius 3 is 2.22 bits per heavy atom. The maximum atomic E-state index is 11.6. The smallest absolute Gasteiger partial charge is 0.411 e. The van der Waals surface area contributed by atoms with Gasteiger partial charge < -0.3 is 14.9 Å². The van der Waals surface area contributed by atoms with E-state index in [1.807, 2.05) is 30.5 Å². The molecule has 2 aromatic carbocycles. The molecule has 0 spiro atoms. The molecule has 3 aromatic rings. The lowest BCUT2D eigenvalue weighted by Gasteiger charge is -2.39. The fraction of sp³-hybridized carbons (Fsp3) is 0.280. The molecular weight excluding hydrogens is 416 g/mol. The van der Waals surface area contributed by atoms with Crippen LogP contribution in [0.1, 0.15) is 0 Å². The van der Waals surface area contributed by atoms with Crippen molar-refractivity contribution in [3.05, 3.63) is 72.9 Å². The Bertz CT molecular complexity index is 1100. The highest BCUT2D eigenvalue weighted by molar-refractivity contribution is 6.91. The van der Waals surface area contributed by atoms with Gasteiger partial charge >= 0.3 is 6.09 Å². The largest absolute Gasteiger partial charge is 0.465 e. The van der Waals surface area contributed by atoms with Gasteiger partial charge in [-0.3, -0.25) is 4.90 Å². The van der Waals surface area contributed by atoms with E-state index in [0.29, 0.717) is 18.8 Å². The number of rotatable bonds is 3. The van der Waals surface area contributed by atoms with Crippen LogP contribution in [0.3, 0.4) is 0 Å². The Kier molecular flexibility index (Phi) is 5.34. The predicted molar refractivity (Wildman–Crippen MR) is 133 cm³/mol. The SMILES string of the molecule is C[Si]1(c2ccccc2)CCN(c2ccc(N3CCN(C(=O)O)c4ccccc43)nc2)CC1. The zero-order valence-corrected chi connectivity index (χ0v) is 19.3. The maximum Gasteiger partial charge on any atom is 0.411 e. The van der Waals surface area contributed by atoms with E-state index in [0.717, 1.165) is 30.3 Å². The van der Waals surface area contributed by atoms with Gasteiger partial charge in [-0.2, -0.15) is 0 Å². The van der Waals surface area contributed by atoms with Gasteiger partial charge in [-0.25, -0.2) is 9.78 Å². The number of carboxylic acid groups (broad SMARTS) is 1. The van der Waals surface area contributed by atoms with Crippen LogP contribution in [-0.4, -0.2) is 50.4 Å². The summed E-state index contributed by atoms with van der Waals surface area (Å²) in [5.74, 6) is 0.853. The molecule has 164 valence electrons. The number of hydrogen-bond donors (Lipinski definition) is 1. The molecule has 0 atom stereocenters. The third kappa shape index (κ3) is 3.73. The van der Waals surface area contributed by atoms with Crippen LogP contribution in [0.4, 0.5) is 27.7 Å². The summed E-state index contributed by atoms with van der Waals surface area (Å²) < 4.78 is 0. The monoisotopic (exact) mass is 444 g/mol. The van der Waals surface area contributed by atoms with E-state index in [-0.39, 0.29) is 0 Å². The van der Waals surface area contributed by atoms with Gasteiger partial charge in [0, 0.05) is 26.2 Å². The van der Waals surface area contributed by atoms with Crippen molar-refractivity contribution in [3.8, 4) is 0 Å².